The fourth-order valence-electron chi connectivity index (χ4n) is 2.59. The van der Waals surface area contributed by atoms with Gasteiger partial charge in [0.2, 0.25) is 5.91 Å². The minimum Gasteiger partial charge on any atom is -0.305 e. The lowest BCUT2D eigenvalue weighted by Gasteiger charge is -2.15. The topological polar surface area (TPSA) is 71.8 Å². The fourth-order valence-corrected chi connectivity index (χ4v) is 3.49. The van der Waals surface area contributed by atoms with Gasteiger partial charge in [-0.15, -0.1) is 10.2 Å². The molecule has 2 aromatic rings. The lowest BCUT2D eigenvalue weighted by Crippen LogP contribution is -2.38. The summed E-state index contributed by atoms with van der Waals surface area (Å²) in [5.74, 6) is 0.890. The zero-order valence-corrected chi connectivity index (χ0v) is 15.5. The summed E-state index contributed by atoms with van der Waals surface area (Å²) in [5, 5.41) is 9.70. The summed E-state index contributed by atoms with van der Waals surface area (Å²) in [4.78, 5) is 12.0. The van der Waals surface area contributed by atoms with Gasteiger partial charge in [0.15, 0.2) is 11.0 Å². The molecule has 0 saturated heterocycles. The van der Waals surface area contributed by atoms with Crippen LogP contribution in [-0.4, -0.2) is 26.4 Å². The number of nitrogens with zero attached hydrogens (tertiary/aromatic N) is 3. The normalized spacial score (nSPS) is 14.1. The first-order chi connectivity index (χ1) is 12.1. The van der Waals surface area contributed by atoms with Crippen molar-refractivity contribution in [1.29, 1.82) is 0 Å². The Morgan fingerprint density at radius 1 is 1.36 bits per heavy atom. The van der Waals surface area contributed by atoms with Crippen LogP contribution in [0.2, 0.25) is 5.02 Å². The lowest BCUT2D eigenvalue weighted by atomic mass is 10.1. The molecule has 1 aromatic heterocycles. The molecule has 1 aromatic carbocycles. The van der Waals surface area contributed by atoms with Crippen LogP contribution in [0.4, 0.5) is 0 Å². The number of hydrazine groups is 1. The summed E-state index contributed by atoms with van der Waals surface area (Å²) in [6.07, 6.45) is 6.57. The molecule has 132 valence electrons. The first-order valence-corrected chi connectivity index (χ1v) is 9.52. The molecular formula is C17H20ClN5OS. The smallest absolute Gasteiger partial charge is 0.248 e. The van der Waals surface area contributed by atoms with Crippen LogP contribution >= 0.6 is 23.4 Å². The monoisotopic (exact) mass is 377 g/mol. The number of aromatic nitrogens is 3. The summed E-state index contributed by atoms with van der Waals surface area (Å²) >= 11 is 7.37. The Balaban J connectivity index is 1.55. The van der Waals surface area contributed by atoms with Gasteiger partial charge in [-0.1, -0.05) is 41.6 Å². The second-order valence-electron chi connectivity index (χ2n) is 5.81. The van der Waals surface area contributed by atoms with Gasteiger partial charge in [-0.25, -0.2) is 0 Å². The Morgan fingerprint density at radius 3 is 3.00 bits per heavy atom. The molecule has 1 aliphatic rings. The Morgan fingerprint density at radius 2 is 2.24 bits per heavy atom. The van der Waals surface area contributed by atoms with Crippen LogP contribution in [0.5, 0.6) is 0 Å². The number of hydrogen-bond acceptors (Lipinski definition) is 5. The molecule has 1 amide bonds. The van der Waals surface area contributed by atoms with Gasteiger partial charge in [-0.05, 0) is 37.8 Å². The van der Waals surface area contributed by atoms with E-state index in [0.29, 0.717) is 10.2 Å². The summed E-state index contributed by atoms with van der Waals surface area (Å²) < 4.78 is 1.86. The standard InChI is InChI=1S/C17H20ClN5OS/c1-23-16(12-6-5-7-13(18)10-12)21-22-17(23)25-11-15(24)20-19-14-8-3-2-4-9-14/h5-8,10,19H,2-4,9,11H2,1H3,(H,20,24). The van der Waals surface area contributed by atoms with E-state index in [1.165, 1.54) is 18.2 Å². The quantitative estimate of drug-likeness (QED) is 0.597. The zero-order valence-electron chi connectivity index (χ0n) is 14.0. The molecule has 6 nitrogen and oxygen atoms in total. The van der Waals surface area contributed by atoms with Gasteiger partial charge in [0.1, 0.15) is 0 Å². The molecule has 1 aliphatic carbocycles. The molecule has 8 heteroatoms. The van der Waals surface area contributed by atoms with E-state index in [1.54, 1.807) is 0 Å². The lowest BCUT2D eigenvalue weighted by molar-refractivity contribution is -0.119. The van der Waals surface area contributed by atoms with Gasteiger partial charge in [0.25, 0.3) is 0 Å². The summed E-state index contributed by atoms with van der Waals surface area (Å²) in [6.45, 7) is 0. The van der Waals surface area contributed by atoms with Crippen molar-refractivity contribution in [2.75, 3.05) is 5.75 Å². The number of carbonyl (C=O) groups is 1. The van der Waals surface area contributed by atoms with Crippen molar-refractivity contribution in [3.8, 4) is 11.4 Å². The minimum atomic E-state index is -0.0937. The molecule has 0 unspecified atom stereocenters. The highest BCUT2D eigenvalue weighted by Crippen LogP contribution is 2.24. The molecule has 0 saturated carbocycles. The van der Waals surface area contributed by atoms with Crippen LogP contribution in [0.25, 0.3) is 11.4 Å². The predicted molar refractivity (Wildman–Crippen MR) is 100 cm³/mol. The maximum absolute atomic E-state index is 12.0. The molecule has 0 atom stereocenters. The summed E-state index contributed by atoms with van der Waals surface area (Å²) in [5.41, 5.74) is 7.72. The Labute approximate surface area is 156 Å². The summed E-state index contributed by atoms with van der Waals surface area (Å²) in [7, 11) is 1.88. The SMILES string of the molecule is Cn1c(SCC(=O)NNC2=CCCCC2)nnc1-c1cccc(Cl)c1. The second-order valence-corrected chi connectivity index (χ2v) is 7.19. The van der Waals surface area contributed by atoms with Gasteiger partial charge >= 0.3 is 0 Å². The maximum atomic E-state index is 12.0. The third kappa shape index (κ3) is 4.76. The number of rotatable bonds is 6. The number of amides is 1. The summed E-state index contributed by atoms with van der Waals surface area (Å²) in [6, 6.07) is 7.46. The van der Waals surface area contributed by atoms with Crippen molar-refractivity contribution in [2.24, 2.45) is 7.05 Å². The third-order valence-electron chi connectivity index (χ3n) is 3.90. The molecule has 0 fully saturated rings. The van der Waals surface area contributed by atoms with E-state index in [1.807, 2.05) is 35.9 Å². The average molecular weight is 378 g/mol. The fraction of sp³-hybridized carbons (Fsp3) is 0.353. The number of hydrogen-bond donors (Lipinski definition) is 2. The first-order valence-electron chi connectivity index (χ1n) is 8.15. The van der Waals surface area contributed by atoms with E-state index >= 15 is 0 Å². The predicted octanol–water partition coefficient (Wildman–Crippen LogP) is 3.31. The van der Waals surface area contributed by atoms with E-state index in [0.717, 1.165) is 36.3 Å². The maximum Gasteiger partial charge on any atom is 0.248 e. The molecule has 2 N–H and O–H groups in total. The number of halogens is 1. The molecular weight excluding hydrogens is 358 g/mol. The molecule has 0 spiro atoms. The van der Waals surface area contributed by atoms with E-state index in [9.17, 15) is 4.79 Å². The third-order valence-corrected chi connectivity index (χ3v) is 5.16. The average Bonchev–Trinajstić information content (AvgIpc) is 3.00. The van der Waals surface area contributed by atoms with Crippen LogP contribution < -0.4 is 10.9 Å². The number of thioether (sulfide) groups is 1. The van der Waals surface area contributed by atoms with E-state index in [2.05, 4.69) is 27.1 Å². The molecule has 0 aliphatic heterocycles. The minimum absolute atomic E-state index is 0.0937. The van der Waals surface area contributed by atoms with Gasteiger partial charge in [0, 0.05) is 23.3 Å². The van der Waals surface area contributed by atoms with Gasteiger partial charge in [-0.3, -0.25) is 10.2 Å². The highest BCUT2D eigenvalue weighted by molar-refractivity contribution is 7.99. The highest BCUT2D eigenvalue weighted by atomic mass is 35.5. The Bertz CT molecular complexity index is 789. The highest BCUT2D eigenvalue weighted by Gasteiger charge is 2.13. The largest absolute Gasteiger partial charge is 0.305 e. The van der Waals surface area contributed by atoms with Crippen molar-refractivity contribution in [3.63, 3.8) is 0 Å². The first kappa shape index (κ1) is 17.8. The van der Waals surface area contributed by atoms with Crippen molar-refractivity contribution < 1.29 is 4.79 Å². The van der Waals surface area contributed by atoms with E-state index in [-0.39, 0.29) is 11.7 Å². The van der Waals surface area contributed by atoms with Crippen LogP contribution in [0, 0.1) is 0 Å². The molecule has 25 heavy (non-hydrogen) atoms. The van der Waals surface area contributed by atoms with Crippen molar-refractivity contribution in [2.45, 2.75) is 30.8 Å². The van der Waals surface area contributed by atoms with Crippen molar-refractivity contribution in [3.05, 3.63) is 41.1 Å². The molecule has 0 bridgehead atoms. The number of carbonyl (C=O) groups excluding carboxylic acids is 1. The molecule has 3 rings (SSSR count). The molecule has 0 radical (unpaired) electrons. The van der Waals surface area contributed by atoms with E-state index < -0.39 is 0 Å². The number of nitrogens with one attached hydrogen (secondary N) is 2. The van der Waals surface area contributed by atoms with Crippen LogP contribution in [0.1, 0.15) is 25.7 Å². The van der Waals surface area contributed by atoms with Crippen LogP contribution in [0.15, 0.2) is 41.2 Å². The van der Waals surface area contributed by atoms with Crippen LogP contribution in [0.3, 0.4) is 0 Å². The second kappa shape index (κ2) is 8.40. The van der Waals surface area contributed by atoms with Gasteiger partial charge in [-0.2, -0.15) is 0 Å². The number of allylic oxidation sites excluding steroid dienone is 2. The van der Waals surface area contributed by atoms with Crippen LogP contribution in [-0.2, 0) is 11.8 Å². The van der Waals surface area contributed by atoms with E-state index in [4.69, 9.17) is 11.6 Å². The van der Waals surface area contributed by atoms with Gasteiger partial charge < -0.3 is 9.99 Å². The van der Waals surface area contributed by atoms with Crippen molar-refractivity contribution in [1.82, 2.24) is 25.6 Å². The Hall–Kier alpha value is -1.99. The molecule has 1 heterocycles. The van der Waals surface area contributed by atoms with Crippen molar-refractivity contribution >= 4 is 29.3 Å². The zero-order chi connectivity index (χ0) is 17.6. The number of benzene rings is 1. The Kier molecular flexibility index (Phi) is 5.99. The van der Waals surface area contributed by atoms with Gasteiger partial charge in [0.05, 0.1) is 5.75 Å².